The second kappa shape index (κ2) is 5.97. The van der Waals surface area contributed by atoms with Crippen LogP contribution >= 0.6 is 35.3 Å². The Bertz CT molecular complexity index is 481. The predicted molar refractivity (Wildman–Crippen MR) is 76.1 cm³/mol. The van der Waals surface area contributed by atoms with Crippen LogP contribution in [0.1, 0.15) is 4.88 Å². The first-order valence-corrected chi connectivity index (χ1v) is 7.36. The maximum absolute atomic E-state index is 8.85. The van der Waals surface area contributed by atoms with E-state index in [1.807, 2.05) is 12.4 Å². The minimum Gasteiger partial charge on any atom is -0.395 e. The van der Waals surface area contributed by atoms with E-state index in [9.17, 15) is 0 Å². The van der Waals surface area contributed by atoms with Crippen molar-refractivity contribution < 1.29 is 5.11 Å². The molecule has 0 atom stereocenters. The van der Waals surface area contributed by atoms with Crippen molar-refractivity contribution in [3.8, 4) is 9.88 Å². The molecule has 1 N–H and O–H groups in total. The number of aliphatic hydroxyl groups excluding tert-OH is 1. The summed E-state index contributed by atoms with van der Waals surface area (Å²) in [5.74, 6) is 0. The second-order valence-corrected chi connectivity index (χ2v) is 6.22. The van der Waals surface area contributed by atoms with Crippen molar-refractivity contribution >= 4 is 35.3 Å². The van der Waals surface area contributed by atoms with Crippen LogP contribution in [0.15, 0.2) is 22.5 Å². The Balaban J connectivity index is 2.05. The van der Waals surface area contributed by atoms with Gasteiger partial charge in [-0.2, -0.15) is 0 Å². The molecule has 0 bridgehead atoms. The molecule has 0 aliphatic heterocycles. The van der Waals surface area contributed by atoms with Gasteiger partial charge in [-0.3, -0.25) is 4.90 Å². The fraction of sp³-hybridized carbons (Fsp3) is 0.364. The Morgan fingerprint density at radius 3 is 2.94 bits per heavy atom. The lowest BCUT2D eigenvalue weighted by Gasteiger charge is -2.12. The van der Waals surface area contributed by atoms with Gasteiger partial charge in [0.2, 0.25) is 0 Å². The summed E-state index contributed by atoms with van der Waals surface area (Å²) >= 11 is 7.57. The van der Waals surface area contributed by atoms with Gasteiger partial charge in [0.15, 0.2) is 0 Å². The number of nitrogens with zero attached hydrogens (tertiary/aromatic N) is 2. The van der Waals surface area contributed by atoms with Crippen molar-refractivity contribution in [2.45, 2.75) is 11.6 Å². The van der Waals surface area contributed by atoms with E-state index in [0.29, 0.717) is 6.54 Å². The summed E-state index contributed by atoms with van der Waals surface area (Å²) < 4.78 is 0. The van der Waals surface area contributed by atoms with Gasteiger partial charge >= 0.3 is 0 Å². The molecule has 17 heavy (non-hydrogen) atoms. The lowest BCUT2D eigenvalue weighted by atomic mass is 10.4. The van der Waals surface area contributed by atoms with E-state index in [1.54, 1.807) is 22.7 Å². The minimum atomic E-state index is 0.199. The molecule has 2 heterocycles. The van der Waals surface area contributed by atoms with Crippen molar-refractivity contribution in [1.82, 2.24) is 9.88 Å². The Morgan fingerprint density at radius 1 is 1.47 bits per heavy atom. The molecule has 0 unspecified atom stereocenters. The smallest absolute Gasteiger partial charge is 0.134 e. The van der Waals surface area contributed by atoms with Gasteiger partial charge in [-0.05, 0) is 19.2 Å². The summed E-state index contributed by atoms with van der Waals surface area (Å²) in [6.07, 6.45) is 0. The number of hydrogen-bond acceptors (Lipinski definition) is 6. The number of aliphatic hydroxyl groups is 1. The average molecular weight is 286 g/mol. The summed E-state index contributed by atoms with van der Waals surface area (Å²) in [4.78, 5) is 8.92. The lowest BCUT2D eigenvalue weighted by molar-refractivity contribution is 0.218. The molecular weight excluding hydrogens is 272 g/mol. The molecule has 92 valence electrons. The molecule has 0 aliphatic rings. The van der Waals surface area contributed by atoms with Gasteiger partial charge in [0.05, 0.1) is 11.5 Å². The molecule has 0 fully saturated rings. The van der Waals surface area contributed by atoms with Crippen LogP contribution in [-0.2, 0) is 6.54 Å². The number of thiophene rings is 1. The summed E-state index contributed by atoms with van der Waals surface area (Å²) in [7, 11) is 2.00. The highest BCUT2D eigenvalue weighted by molar-refractivity contribution is 7.80. The van der Waals surface area contributed by atoms with Gasteiger partial charge in [0.1, 0.15) is 10.0 Å². The largest absolute Gasteiger partial charge is 0.395 e. The molecule has 0 amide bonds. The molecule has 2 aromatic rings. The van der Waals surface area contributed by atoms with Gasteiger partial charge in [-0.1, -0.05) is 0 Å². The molecule has 0 saturated heterocycles. The van der Waals surface area contributed by atoms with Crippen molar-refractivity contribution in [3.63, 3.8) is 0 Å². The Labute approximate surface area is 114 Å². The van der Waals surface area contributed by atoms with Crippen molar-refractivity contribution in [3.05, 3.63) is 22.4 Å². The van der Waals surface area contributed by atoms with Crippen molar-refractivity contribution in [1.29, 1.82) is 0 Å². The zero-order chi connectivity index (χ0) is 12.3. The maximum Gasteiger partial charge on any atom is 0.134 e. The number of hydrogen-bond donors (Lipinski definition) is 2. The van der Waals surface area contributed by atoms with Gasteiger partial charge in [0, 0.05) is 23.3 Å². The first-order chi connectivity index (χ1) is 8.19. The summed E-state index contributed by atoms with van der Waals surface area (Å²) in [6.45, 7) is 1.76. The van der Waals surface area contributed by atoms with Crippen LogP contribution in [0.2, 0.25) is 0 Å². The van der Waals surface area contributed by atoms with Crippen LogP contribution in [0.5, 0.6) is 0 Å². The van der Waals surface area contributed by atoms with Crippen LogP contribution in [0.25, 0.3) is 9.88 Å². The van der Waals surface area contributed by atoms with Gasteiger partial charge < -0.3 is 5.11 Å². The van der Waals surface area contributed by atoms with E-state index in [1.165, 1.54) is 9.75 Å². The minimum absolute atomic E-state index is 0.199. The van der Waals surface area contributed by atoms with Crippen LogP contribution in [-0.4, -0.2) is 35.2 Å². The first-order valence-electron chi connectivity index (χ1n) is 5.22. The van der Waals surface area contributed by atoms with E-state index in [4.69, 9.17) is 5.11 Å². The molecule has 2 aromatic heterocycles. The Hall–Kier alpha value is -0.400. The van der Waals surface area contributed by atoms with E-state index in [2.05, 4.69) is 34.6 Å². The summed E-state index contributed by atoms with van der Waals surface area (Å²) in [5, 5.41) is 12.6. The van der Waals surface area contributed by atoms with Crippen LogP contribution < -0.4 is 0 Å². The number of likely N-dealkylation sites (N-methyl/N-ethyl adjacent to an activating group) is 1. The number of aromatic nitrogens is 1. The maximum atomic E-state index is 8.85. The highest BCUT2D eigenvalue weighted by Gasteiger charge is 2.08. The molecule has 0 aliphatic carbocycles. The highest BCUT2D eigenvalue weighted by atomic mass is 32.1. The third-order valence-corrected chi connectivity index (χ3v) is 4.76. The highest BCUT2D eigenvalue weighted by Crippen LogP contribution is 2.31. The number of thiol groups is 1. The quantitative estimate of drug-likeness (QED) is 0.830. The van der Waals surface area contributed by atoms with E-state index < -0.39 is 0 Å². The molecule has 6 heteroatoms. The molecular formula is C11H14N2OS3. The molecule has 3 nitrogen and oxygen atoms in total. The zero-order valence-electron chi connectivity index (χ0n) is 9.46. The fourth-order valence-electron chi connectivity index (χ4n) is 1.47. The zero-order valence-corrected chi connectivity index (χ0v) is 12.0. The topological polar surface area (TPSA) is 36.4 Å². The lowest BCUT2D eigenvalue weighted by Crippen LogP contribution is -2.20. The fourth-order valence-corrected chi connectivity index (χ4v) is 3.64. The van der Waals surface area contributed by atoms with Gasteiger partial charge in [0.25, 0.3) is 0 Å². The Kier molecular flexibility index (Phi) is 4.58. The van der Waals surface area contributed by atoms with Crippen LogP contribution in [0.4, 0.5) is 0 Å². The van der Waals surface area contributed by atoms with Gasteiger partial charge in [-0.15, -0.1) is 35.3 Å². The molecule has 0 spiro atoms. The molecule has 0 radical (unpaired) electrons. The molecule has 0 saturated carbocycles. The molecule has 0 aromatic carbocycles. The number of thiazole rings is 1. The summed E-state index contributed by atoms with van der Waals surface area (Å²) in [6, 6.07) is 4.21. The third-order valence-electron chi connectivity index (χ3n) is 2.27. The van der Waals surface area contributed by atoms with E-state index in [-0.39, 0.29) is 6.61 Å². The predicted octanol–water partition coefficient (Wildman–Crippen LogP) is 2.58. The van der Waals surface area contributed by atoms with Crippen LogP contribution in [0.3, 0.4) is 0 Å². The van der Waals surface area contributed by atoms with Crippen molar-refractivity contribution in [2.75, 3.05) is 20.2 Å². The standard InChI is InChI=1S/C11H14N2OS3/c1-13(4-5-14)6-8-2-3-9(17-8)11-12-10(15)7-16-11/h2-3,7,14-15H,4-6H2,1H3. The van der Waals surface area contributed by atoms with E-state index >= 15 is 0 Å². The SMILES string of the molecule is CN(CCO)Cc1ccc(-c2nc(S)cs2)s1. The van der Waals surface area contributed by atoms with Crippen LogP contribution in [0, 0.1) is 0 Å². The summed E-state index contributed by atoms with van der Waals surface area (Å²) in [5.41, 5.74) is 0. The third kappa shape index (κ3) is 3.53. The van der Waals surface area contributed by atoms with E-state index in [0.717, 1.165) is 16.6 Å². The second-order valence-electron chi connectivity index (χ2n) is 3.74. The first kappa shape index (κ1) is 13.0. The monoisotopic (exact) mass is 286 g/mol. The Morgan fingerprint density at radius 2 is 2.29 bits per heavy atom. The van der Waals surface area contributed by atoms with Gasteiger partial charge in [-0.25, -0.2) is 4.98 Å². The van der Waals surface area contributed by atoms with Crippen molar-refractivity contribution in [2.24, 2.45) is 0 Å². The molecule has 2 rings (SSSR count). The average Bonchev–Trinajstić information content (AvgIpc) is 2.87. The number of rotatable bonds is 5. The normalized spacial score (nSPS) is 11.3.